The summed E-state index contributed by atoms with van der Waals surface area (Å²) in [5, 5.41) is 0. The number of alkyl halides is 2. The number of hydroxylamine groups is 1. The van der Waals surface area contributed by atoms with Crippen molar-refractivity contribution in [2.24, 2.45) is 0 Å². The fourth-order valence-electron chi connectivity index (χ4n) is 2.96. The lowest BCUT2D eigenvalue weighted by Crippen LogP contribution is -2.33. The van der Waals surface area contributed by atoms with Gasteiger partial charge in [0.05, 0.1) is 29.1 Å². The van der Waals surface area contributed by atoms with Crippen molar-refractivity contribution in [2.75, 3.05) is 0 Å². The Bertz CT molecular complexity index is 1340. The third kappa shape index (κ3) is 4.51. The predicted molar refractivity (Wildman–Crippen MR) is 102 cm³/mol. The first kappa shape index (κ1) is 22.3. The van der Waals surface area contributed by atoms with E-state index in [4.69, 9.17) is 0 Å². The van der Waals surface area contributed by atoms with Gasteiger partial charge in [-0.05, 0) is 35.9 Å². The highest BCUT2D eigenvalue weighted by atomic mass is 19.3. The van der Waals surface area contributed by atoms with E-state index < -0.39 is 35.0 Å². The lowest BCUT2D eigenvalue weighted by molar-refractivity contribution is -0.274. The molecule has 0 aliphatic carbocycles. The van der Waals surface area contributed by atoms with Crippen LogP contribution in [0.1, 0.15) is 21.6 Å². The van der Waals surface area contributed by atoms with Gasteiger partial charge < -0.3 is 4.57 Å². The first-order valence-corrected chi connectivity index (χ1v) is 9.21. The van der Waals surface area contributed by atoms with Crippen LogP contribution in [0.4, 0.5) is 26.3 Å². The number of carbonyl (C=O) groups excluding carboxylic acids is 1. The van der Waals surface area contributed by atoms with Crippen LogP contribution in [0.3, 0.4) is 0 Å². The molecule has 170 valence electrons. The van der Waals surface area contributed by atoms with E-state index in [0.29, 0.717) is 23.6 Å². The maximum atomic E-state index is 14.1. The molecule has 1 N–H and O–H groups in total. The molecule has 1 amide bonds. The summed E-state index contributed by atoms with van der Waals surface area (Å²) in [7, 11) is 0. The topological polar surface area (TPSA) is 69.0 Å². The van der Waals surface area contributed by atoms with Crippen LogP contribution >= 0.6 is 0 Å². The molecule has 2 heterocycles. The number of benzene rings is 2. The average Bonchev–Trinajstić information content (AvgIpc) is 3.19. The highest BCUT2D eigenvalue weighted by Gasteiger charge is 2.39. The van der Waals surface area contributed by atoms with Crippen molar-refractivity contribution in [3.8, 4) is 0 Å². The summed E-state index contributed by atoms with van der Waals surface area (Å²) >= 11 is 0. The van der Waals surface area contributed by atoms with Gasteiger partial charge in [0.1, 0.15) is 11.5 Å². The lowest BCUT2D eigenvalue weighted by Gasteiger charge is -2.17. The van der Waals surface area contributed by atoms with Crippen molar-refractivity contribution < 1.29 is 36.0 Å². The van der Waals surface area contributed by atoms with Gasteiger partial charge in [-0.3, -0.25) is 4.79 Å². The van der Waals surface area contributed by atoms with Crippen LogP contribution in [0.2, 0.25) is 0 Å². The number of rotatable bonds is 6. The summed E-state index contributed by atoms with van der Waals surface area (Å²) in [4.78, 5) is 24.1. The molecule has 0 atom stereocenters. The van der Waals surface area contributed by atoms with Crippen molar-refractivity contribution in [2.45, 2.75) is 12.7 Å². The zero-order chi connectivity index (χ0) is 23.8. The van der Waals surface area contributed by atoms with Gasteiger partial charge in [0.15, 0.2) is 17.5 Å². The molecule has 0 fully saturated rings. The number of pyridine rings is 1. The van der Waals surface area contributed by atoms with Gasteiger partial charge in [-0.1, -0.05) is 12.1 Å². The van der Waals surface area contributed by atoms with E-state index in [1.807, 2.05) is 0 Å². The van der Waals surface area contributed by atoms with Gasteiger partial charge in [-0.15, -0.1) is 0 Å². The molecule has 2 aromatic heterocycles. The predicted octanol–water partition coefficient (Wildman–Crippen LogP) is 4.45. The molecule has 2 aromatic carbocycles. The molecule has 0 radical (unpaired) electrons. The number of amides is 1. The molecule has 4 aromatic rings. The average molecular weight is 466 g/mol. The summed E-state index contributed by atoms with van der Waals surface area (Å²) in [6, 6.07) is 7.57. The molecule has 6 nitrogen and oxygen atoms in total. The Labute approximate surface area is 181 Å². The van der Waals surface area contributed by atoms with Crippen molar-refractivity contribution in [1.29, 1.82) is 0 Å². The lowest BCUT2D eigenvalue weighted by atomic mass is 10.2. The third-order valence-corrected chi connectivity index (χ3v) is 4.63. The molecular formula is C21H12F6N4O2. The largest absolute Gasteiger partial charge is 0.405 e. The Morgan fingerprint density at radius 2 is 1.73 bits per heavy atom. The maximum absolute atomic E-state index is 14.1. The van der Waals surface area contributed by atoms with E-state index in [2.05, 4.69) is 14.8 Å². The monoisotopic (exact) mass is 466 g/mol. The minimum atomic E-state index is -4.50. The number of imidazole rings is 1. The number of hydrogen-bond acceptors (Lipinski definition) is 4. The Hall–Kier alpha value is -3.93. The molecule has 4 rings (SSSR count). The summed E-state index contributed by atoms with van der Waals surface area (Å²) < 4.78 is 82.7. The van der Waals surface area contributed by atoms with Gasteiger partial charge >= 0.3 is 6.11 Å². The Morgan fingerprint density at radius 1 is 1.00 bits per heavy atom. The van der Waals surface area contributed by atoms with Crippen molar-refractivity contribution in [1.82, 2.24) is 20.0 Å². The first-order valence-electron chi connectivity index (χ1n) is 9.21. The van der Waals surface area contributed by atoms with Gasteiger partial charge in [-0.25, -0.2) is 33.0 Å². The quantitative estimate of drug-likeness (QED) is 0.259. The number of fused-ring (bicyclic) bond motifs is 1. The standard InChI is InChI=1S/C21H12F6N4O2/c22-12-3-1-11(2-4-12)9-31-10-29-15-7-16(28-8-17(15)31)20(32)30-33-21(26,27)13-5-6-14(23)19(25)18(13)24/h1-8,10H,9H2,(H,30,32). The molecule has 0 saturated carbocycles. The van der Waals surface area contributed by atoms with E-state index >= 15 is 0 Å². The SMILES string of the molecule is O=C(NOC(F)(F)c1ccc(F)c(F)c1F)c1cc2ncn(Cc3ccc(F)cc3)c2cn1. The van der Waals surface area contributed by atoms with Crippen LogP contribution < -0.4 is 5.48 Å². The number of aromatic nitrogens is 3. The van der Waals surface area contributed by atoms with Crippen LogP contribution in [0.15, 0.2) is 55.0 Å². The van der Waals surface area contributed by atoms with E-state index in [1.54, 1.807) is 16.7 Å². The molecule has 0 saturated heterocycles. The summed E-state index contributed by atoms with van der Waals surface area (Å²) in [5.41, 5.74) is 1.04. The second-order valence-corrected chi connectivity index (χ2v) is 6.83. The Morgan fingerprint density at radius 3 is 2.45 bits per heavy atom. The van der Waals surface area contributed by atoms with Crippen LogP contribution in [-0.4, -0.2) is 20.4 Å². The number of nitrogens with one attached hydrogen (secondary N) is 1. The fourth-order valence-corrected chi connectivity index (χ4v) is 2.96. The van der Waals surface area contributed by atoms with E-state index in [9.17, 15) is 31.1 Å². The van der Waals surface area contributed by atoms with Gasteiger partial charge in [-0.2, -0.15) is 13.6 Å². The zero-order valence-corrected chi connectivity index (χ0v) is 16.3. The van der Waals surface area contributed by atoms with Crippen molar-refractivity contribution in [3.05, 3.63) is 95.1 Å². The van der Waals surface area contributed by atoms with E-state index in [1.165, 1.54) is 36.2 Å². The normalized spacial score (nSPS) is 11.7. The Balaban J connectivity index is 1.48. The summed E-state index contributed by atoms with van der Waals surface area (Å²) in [6.45, 7) is 0.332. The second kappa shape index (κ2) is 8.54. The Kier molecular flexibility index (Phi) is 5.77. The molecular weight excluding hydrogens is 454 g/mol. The smallest absolute Gasteiger partial charge is 0.325 e. The molecule has 33 heavy (non-hydrogen) atoms. The van der Waals surface area contributed by atoms with Crippen molar-refractivity contribution in [3.63, 3.8) is 0 Å². The highest BCUT2D eigenvalue weighted by molar-refractivity contribution is 5.94. The molecule has 12 heteroatoms. The first-order chi connectivity index (χ1) is 15.7. The van der Waals surface area contributed by atoms with Gasteiger partial charge in [0.25, 0.3) is 5.91 Å². The molecule has 0 aliphatic heterocycles. The van der Waals surface area contributed by atoms with Crippen LogP contribution in [0.5, 0.6) is 0 Å². The van der Waals surface area contributed by atoms with Crippen LogP contribution in [0, 0.1) is 23.3 Å². The van der Waals surface area contributed by atoms with Crippen LogP contribution in [-0.2, 0) is 17.5 Å². The van der Waals surface area contributed by atoms with Crippen molar-refractivity contribution >= 4 is 16.9 Å². The number of carbonyl (C=O) groups is 1. The molecule has 0 spiro atoms. The highest BCUT2D eigenvalue weighted by Crippen LogP contribution is 2.32. The third-order valence-electron chi connectivity index (χ3n) is 4.63. The minimum Gasteiger partial charge on any atom is -0.325 e. The van der Waals surface area contributed by atoms with Gasteiger partial charge in [0.2, 0.25) is 0 Å². The molecule has 0 bridgehead atoms. The van der Waals surface area contributed by atoms with Gasteiger partial charge in [0, 0.05) is 6.54 Å². The summed E-state index contributed by atoms with van der Waals surface area (Å²) in [6.07, 6.45) is -1.78. The zero-order valence-electron chi connectivity index (χ0n) is 16.3. The molecule has 0 aliphatic rings. The minimum absolute atomic E-state index is 0.290. The number of halogens is 6. The number of nitrogens with zero attached hydrogens (tertiary/aromatic N) is 3. The maximum Gasteiger partial charge on any atom is 0.405 e. The van der Waals surface area contributed by atoms with E-state index in [0.717, 1.165) is 5.56 Å². The number of hydrogen-bond donors (Lipinski definition) is 1. The van der Waals surface area contributed by atoms with E-state index in [-0.39, 0.29) is 17.6 Å². The molecule has 0 unspecified atom stereocenters. The fraction of sp³-hybridized carbons (Fsp3) is 0.0952. The van der Waals surface area contributed by atoms with Crippen LogP contribution in [0.25, 0.3) is 11.0 Å². The second-order valence-electron chi connectivity index (χ2n) is 6.83. The summed E-state index contributed by atoms with van der Waals surface area (Å²) in [5.74, 6) is -7.52.